The SMILES string of the molecule is CCCC#CC(CC[C@@H]1[C@@H](CC=O)[C@@H](O)C[C@H]1OC1CCCCO1)OC1CCCCO1. The molecule has 2 saturated heterocycles. The average molecular weight is 437 g/mol. The van der Waals surface area contributed by atoms with E-state index in [1.165, 1.54) is 0 Å². The number of aldehydes is 1. The zero-order valence-electron chi connectivity index (χ0n) is 19.0. The molecule has 2 heterocycles. The molecular formula is C25H40O6. The third kappa shape index (κ3) is 7.83. The quantitative estimate of drug-likeness (QED) is 0.412. The van der Waals surface area contributed by atoms with Crippen molar-refractivity contribution in [1.29, 1.82) is 0 Å². The predicted octanol–water partition coefficient (Wildman–Crippen LogP) is 3.98. The molecular weight excluding hydrogens is 396 g/mol. The fourth-order valence-electron chi connectivity index (χ4n) is 4.99. The summed E-state index contributed by atoms with van der Waals surface area (Å²) in [5, 5.41) is 10.6. The van der Waals surface area contributed by atoms with Gasteiger partial charge in [-0.25, -0.2) is 0 Å². The molecule has 6 nitrogen and oxygen atoms in total. The van der Waals surface area contributed by atoms with E-state index in [0.29, 0.717) is 12.8 Å². The lowest BCUT2D eigenvalue weighted by Crippen LogP contribution is -2.33. The van der Waals surface area contributed by atoms with Gasteiger partial charge in [-0.3, -0.25) is 0 Å². The lowest BCUT2D eigenvalue weighted by atomic mass is 9.86. The van der Waals surface area contributed by atoms with E-state index in [1.807, 2.05) is 0 Å². The zero-order chi connectivity index (χ0) is 21.9. The summed E-state index contributed by atoms with van der Waals surface area (Å²) in [5.41, 5.74) is 0. The van der Waals surface area contributed by atoms with E-state index >= 15 is 0 Å². The van der Waals surface area contributed by atoms with Gasteiger partial charge in [0, 0.05) is 32.5 Å². The lowest BCUT2D eigenvalue weighted by Gasteiger charge is -2.31. The van der Waals surface area contributed by atoms with Crippen LogP contribution in [0.25, 0.3) is 0 Å². The zero-order valence-corrected chi connectivity index (χ0v) is 19.0. The van der Waals surface area contributed by atoms with Gasteiger partial charge in [0.1, 0.15) is 12.4 Å². The highest BCUT2D eigenvalue weighted by molar-refractivity contribution is 5.50. The van der Waals surface area contributed by atoms with Crippen molar-refractivity contribution in [2.45, 2.75) is 115 Å². The Morgan fingerprint density at radius 2 is 1.84 bits per heavy atom. The highest BCUT2D eigenvalue weighted by Crippen LogP contribution is 2.40. The average Bonchev–Trinajstić information content (AvgIpc) is 3.07. The number of aliphatic hydroxyl groups is 1. The normalized spacial score (nSPS) is 34.6. The first-order valence-electron chi connectivity index (χ1n) is 12.4. The maximum Gasteiger partial charge on any atom is 0.159 e. The molecule has 31 heavy (non-hydrogen) atoms. The summed E-state index contributed by atoms with van der Waals surface area (Å²) in [4.78, 5) is 11.3. The van der Waals surface area contributed by atoms with Crippen LogP contribution < -0.4 is 0 Å². The number of rotatable bonds is 10. The first-order valence-corrected chi connectivity index (χ1v) is 12.4. The Balaban J connectivity index is 1.62. The predicted molar refractivity (Wildman–Crippen MR) is 117 cm³/mol. The summed E-state index contributed by atoms with van der Waals surface area (Å²) in [6.45, 7) is 3.59. The molecule has 1 aliphatic carbocycles. The molecule has 1 N–H and O–H groups in total. The number of aliphatic hydroxyl groups excluding tert-OH is 1. The Bertz CT molecular complexity index is 572. The second-order valence-electron chi connectivity index (χ2n) is 9.07. The van der Waals surface area contributed by atoms with Crippen LogP contribution in [0, 0.1) is 23.7 Å². The topological polar surface area (TPSA) is 74.2 Å². The highest BCUT2D eigenvalue weighted by Gasteiger charge is 2.44. The van der Waals surface area contributed by atoms with Crippen LogP contribution >= 0.6 is 0 Å². The maximum absolute atomic E-state index is 11.3. The van der Waals surface area contributed by atoms with E-state index in [0.717, 1.165) is 83.7 Å². The van der Waals surface area contributed by atoms with Crippen molar-refractivity contribution in [3.05, 3.63) is 0 Å². The number of hydrogen-bond acceptors (Lipinski definition) is 6. The van der Waals surface area contributed by atoms with E-state index in [1.54, 1.807) is 0 Å². The monoisotopic (exact) mass is 436 g/mol. The van der Waals surface area contributed by atoms with E-state index in [9.17, 15) is 9.90 Å². The maximum atomic E-state index is 11.3. The molecule has 2 aliphatic heterocycles. The van der Waals surface area contributed by atoms with Crippen LogP contribution in [0.1, 0.15) is 84.0 Å². The van der Waals surface area contributed by atoms with Crippen LogP contribution in [-0.4, -0.2) is 55.5 Å². The van der Waals surface area contributed by atoms with E-state index in [2.05, 4.69) is 18.8 Å². The fourth-order valence-corrected chi connectivity index (χ4v) is 4.99. The molecule has 0 radical (unpaired) electrons. The summed E-state index contributed by atoms with van der Waals surface area (Å²) in [7, 11) is 0. The van der Waals surface area contributed by atoms with Crippen LogP contribution in [0.5, 0.6) is 0 Å². The van der Waals surface area contributed by atoms with Crippen molar-refractivity contribution in [1.82, 2.24) is 0 Å². The Morgan fingerprint density at radius 1 is 1.10 bits per heavy atom. The van der Waals surface area contributed by atoms with Gasteiger partial charge in [0.2, 0.25) is 0 Å². The molecule has 0 spiro atoms. The van der Waals surface area contributed by atoms with Crippen LogP contribution in [0.15, 0.2) is 0 Å². The second-order valence-corrected chi connectivity index (χ2v) is 9.07. The minimum atomic E-state index is -0.518. The van der Waals surface area contributed by atoms with Crippen molar-refractivity contribution < 1.29 is 28.8 Å². The van der Waals surface area contributed by atoms with Gasteiger partial charge in [0.15, 0.2) is 12.6 Å². The third-order valence-corrected chi connectivity index (χ3v) is 6.68. The highest BCUT2D eigenvalue weighted by atomic mass is 16.7. The van der Waals surface area contributed by atoms with Gasteiger partial charge in [-0.1, -0.05) is 12.8 Å². The van der Waals surface area contributed by atoms with E-state index in [-0.39, 0.29) is 36.6 Å². The van der Waals surface area contributed by atoms with Crippen LogP contribution in [0.2, 0.25) is 0 Å². The molecule has 0 amide bonds. The molecule has 0 aromatic rings. The van der Waals surface area contributed by atoms with Crippen molar-refractivity contribution in [3.8, 4) is 11.8 Å². The standard InChI is InChI=1S/C25H40O6/c1-2-3-4-9-19(30-24-10-5-7-16-28-24)12-13-21-20(14-15-26)22(27)18-23(21)31-25-11-6-8-17-29-25/h15,19-25,27H,2-3,5-8,10-14,16-18H2,1H3/t19?,20-,21-,22+,23-,24?,25?/m1/s1. The molecule has 3 fully saturated rings. The number of carbonyl (C=O) groups excluding carboxylic acids is 1. The number of unbranched alkanes of at least 4 members (excludes halogenated alkanes) is 1. The molecule has 7 atom stereocenters. The van der Waals surface area contributed by atoms with E-state index < -0.39 is 6.10 Å². The smallest absolute Gasteiger partial charge is 0.159 e. The molecule has 3 aliphatic rings. The summed E-state index contributed by atoms with van der Waals surface area (Å²) in [6, 6.07) is 0. The lowest BCUT2D eigenvalue weighted by molar-refractivity contribution is -0.198. The largest absolute Gasteiger partial charge is 0.393 e. The molecule has 0 aromatic heterocycles. The molecule has 0 bridgehead atoms. The first kappa shape index (κ1) is 24.7. The van der Waals surface area contributed by atoms with Crippen LogP contribution in [0.3, 0.4) is 0 Å². The van der Waals surface area contributed by atoms with Gasteiger partial charge in [-0.15, -0.1) is 5.92 Å². The Kier molecular flexibility index (Phi) is 10.8. The van der Waals surface area contributed by atoms with Crippen molar-refractivity contribution in [2.24, 2.45) is 11.8 Å². The van der Waals surface area contributed by atoms with Crippen molar-refractivity contribution in [2.75, 3.05) is 13.2 Å². The molecule has 1 saturated carbocycles. The van der Waals surface area contributed by atoms with Gasteiger partial charge in [-0.05, 0) is 69.6 Å². The van der Waals surface area contributed by atoms with Crippen LogP contribution in [0.4, 0.5) is 0 Å². The van der Waals surface area contributed by atoms with Gasteiger partial charge < -0.3 is 28.8 Å². The second kappa shape index (κ2) is 13.5. The molecule has 0 aromatic carbocycles. The van der Waals surface area contributed by atoms with Crippen molar-refractivity contribution >= 4 is 6.29 Å². The Morgan fingerprint density at radius 3 is 2.48 bits per heavy atom. The van der Waals surface area contributed by atoms with Crippen LogP contribution in [-0.2, 0) is 23.7 Å². The molecule has 3 rings (SSSR count). The fraction of sp³-hybridized carbons (Fsp3) is 0.880. The number of hydrogen-bond donors (Lipinski definition) is 1. The Labute approximate surface area is 187 Å². The van der Waals surface area contributed by atoms with E-state index in [4.69, 9.17) is 18.9 Å². The summed E-state index contributed by atoms with van der Waals surface area (Å²) in [6.07, 6.45) is 10.2. The van der Waals surface area contributed by atoms with Crippen molar-refractivity contribution in [3.63, 3.8) is 0 Å². The molecule has 176 valence electrons. The Hall–Kier alpha value is -0.970. The van der Waals surface area contributed by atoms with Gasteiger partial charge in [-0.2, -0.15) is 0 Å². The minimum Gasteiger partial charge on any atom is -0.393 e. The van der Waals surface area contributed by atoms with Gasteiger partial charge in [0.05, 0.1) is 12.2 Å². The summed E-state index contributed by atoms with van der Waals surface area (Å²) in [5.74, 6) is 6.54. The molecule has 6 heteroatoms. The van der Waals surface area contributed by atoms with Gasteiger partial charge in [0.25, 0.3) is 0 Å². The molecule has 3 unspecified atom stereocenters. The first-order chi connectivity index (χ1) is 15.2. The number of ether oxygens (including phenoxy) is 4. The minimum absolute atomic E-state index is 0.0822. The van der Waals surface area contributed by atoms with Gasteiger partial charge >= 0.3 is 0 Å². The summed E-state index contributed by atoms with van der Waals surface area (Å²) < 4.78 is 24.0. The third-order valence-electron chi connectivity index (χ3n) is 6.68. The number of carbonyl (C=O) groups is 1. The summed E-state index contributed by atoms with van der Waals surface area (Å²) >= 11 is 0.